The van der Waals surface area contributed by atoms with E-state index >= 15 is 0 Å². The normalized spacial score (nSPS) is 17.5. The highest BCUT2D eigenvalue weighted by atomic mass is 16.1. The molecule has 15 heavy (non-hydrogen) atoms. The highest BCUT2D eigenvalue weighted by Gasteiger charge is 2.23. The van der Waals surface area contributed by atoms with Crippen molar-refractivity contribution in [2.75, 3.05) is 0 Å². The van der Waals surface area contributed by atoms with Crippen molar-refractivity contribution in [1.82, 2.24) is 9.78 Å². The van der Waals surface area contributed by atoms with Crippen molar-refractivity contribution < 1.29 is 4.79 Å². The van der Waals surface area contributed by atoms with Crippen LogP contribution in [0.3, 0.4) is 0 Å². The van der Waals surface area contributed by atoms with Crippen molar-refractivity contribution in [3.05, 3.63) is 17.5 Å². The number of aldehydes is 1. The molecule has 0 radical (unpaired) electrons. The monoisotopic (exact) mass is 206 g/mol. The summed E-state index contributed by atoms with van der Waals surface area (Å²) in [6, 6.07) is 0.332. The van der Waals surface area contributed by atoms with Gasteiger partial charge in [-0.25, -0.2) is 0 Å². The molecule has 0 spiro atoms. The zero-order valence-electron chi connectivity index (χ0n) is 9.44. The molecule has 1 aliphatic carbocycles. The first-order chi connectivity index (χ1) is 7.22. The molecule has 1 aromatic heterocycles. The third-order valence-corrected chi connectivity index (χ3v) is 3.19. The van der Waals surface area contributed by atoms with E-state index in [0.717, 1.165) is 17.5 Å². The van der Waals surface area contributed by atoms with Gasteiger partial charge < -0.3 is 0 Å². The van der Waals surface area contributed by atoms with E-state index in [4.69, 9.17) is 0 Å². The van der Waals surface area contributed by atoms with E-state index in [1.807, 2.05) is 10.9 Å². The smallest absolute Gasteiger partial charge is 0.153 e. The maximum atomic E-state index is 11.0. The average molecular weight is 206 g/mol. The van der Waals surface area contributed by atoms with Gasteiger partial charge in [-0.15, -0.1) is 0 Å². The minimum Gasteiger partial charge on any atom is -0.298 e. The number of rotatable bonds is 3. The van der Waals surface area contributed by atoms with Crippen LogP contribution in [-0.2, 0) is 0 Å². The number of hydrogen-bond donors (Lipinski definition) is 0. The second kappa shape index (κ2) is 4.17. The Kier molecular flexibility index (Phi) is 2.89. The summed E-state index contributed by atoms with van der Waals surface area (Å²) in [5.41, 5.74) is 1.81. The molecule has 3 heteroatoms. The molecule has 0 saturated heterocycles. The number of carbonyl (C=O) groups excluding carboxylic acids is 1. The summed E-state index contributed by atoms with van der Waals surface area (Å²) in [5.74, 6) is 0.519. The first-order valence-corrected chi connectivity index (χ1v) is 5.76. The molecule has 0 unspecified atom stereocenters. The lowest BCUT2D eigenvalue weighted by molar-refractivity contribution is 0.112. The van der Waals surface area contributed by atoms with Gasteiger partial charge in [-0.3, -0.25) is 9.48 Å². The Morgan fingerprint density at radius 3 is 2.67 bits per heavy atom. The Labute approximate surface area is 90.5 Å². The molecule has 1 saturated carbocycles. The van der Waals surface area contributed by atoms with Gasteiger partial charge >= 0.3 is 0 Å². The van der Waals surface area contributed by atoms with Crippen LogP contribution in [0.25, 0.3) is 0 Å². The maximum absolute atomic E-state index is 11.0. The molecule has 3 nitrogen and oxygen atoms in total. The fourth-order valence-corrected chi connectivity index (χ4v) is 2.29. The van der Waals surface area contributed by atoms with Crippen molar-refractivity contribution in [1.29, 1.82) is 0 Å². The van der Waals surface area contributed by atoms with Crippen molar-refractivity contribution in [3.63, 3.8) is 0 Å². The molecular weight excluding hydrogens is 188 g/mol. The minimum atomic E-state index is 0.332. The highest BCUT2D eigenvalue weighted by Crippen LogP contribution is 2.34. The predicted octanol–water partition coefficient (Wildman–Crippen LogP) is 2.93. The van der Waals surface area contributed by atoms with Crippen LogP contribution in [0, 0.1) is 0 Å². The summed E-state index contributed by atoms with van der Waals surface area (Å²) < 4.78 is 1.90. The van der Waals surface area contributed by atoms with Crippen LogP contribution in [0.15, 0.2) is 6.20 Å². The lowest BCUT2D eigenvalue weighted by atomic mass is 10.0. The largest absolute Gasteiger partial charge is 0.298 e. The molecule has 0 bridgehead atoms. The van der Waals surface area contributed by atoms with Gasteiger partial charge in [0.15, 0.2) is 6.29 Å². The summed E-state index contributed by atoms with van der Waals surface area (Å²) in [6.45, 7) is 4.17. The van der Waals surface area contributed by atoms with Gasteiger partial charge in [-0.1, -0.05) is 12.8 Å². The van der Waals surface area contributed by atoms with Crippen LogP contribution < -0.4 is 0 Å². The SMILES string of the molecule is CC(C)n1cc(C=O)c(C2CCCC2)n1. The van der Waals surface area contributed by atoms with E-state index in [1.54, 1.807) is 0 Å². The summed E-state index contributed by atoms with van der Waals surface area (Å²) in [7, 11) is 0. The molecule has 0 amide bonds. The van der Waals surface area contributed by atoms with E-state index in [-0.39, 0.29) is 0 Å². The van der Waals surface area contributed by atoms with Crippen LogP contribution in [0.1, 0.15) is 67.5 Å². The van der Waals surface area contributed by atoms with Crippen LogP contribution in [-0.4, -0.2) is 16.1 Å². The minimum absolute atomic E-state index is 0.332. The van der Waals surface area contributed by atoms with Crippen LogP contribution in [0.4, 0.5) is 0 Å². The van der Waals surface area contributed by atoms with Gasteiger partial charge in [0, 0.05) is 18.2 Å². The number of hydrogen-bond acceptors (Lipinski definition) is 2. The Balaban J connectivity index is 2.31. The molecular formula is C12H18N2O. The molecule has 0 atom stereocenters. The van der Waals surface area contributed by atoms with Gasteiger partial charge in [-0.2, -0.15) is 5.10 Å². The molecule has 1 aliphatic rings. The van der Waals surface area contributed by atoms with Crippen molar-refractivity contribution in [2.24, 2.45) is 0 Å². The standard InChI is InChI=1S/C12H18N2O/c1-9(2)14-7-11(8-15)12(13-14)10-5-3-4-6-10/h7-10H,3-6H2,1-2H3. The van der Waals surface area contributed by atoms with Gasteiger partial charge in [0.1, 0.15) is 0 Å². The van der Waals surface area contributed by atoms with Gasteiger partial charge in [0.05, 0.1) is 11.3 Å². The zero-order chi connectivity index (χ0) is 10.8. The maximum Gasteiger partial charge on any atom is 0.153 e. The Bertz CT molecular complexity index is 349. The molecule has 1 fully saturated rings. The fraction of sp³-hybridized carbons (Fsp3) is 0.667. The molecule has 0 aromatic carbocycles. The lowest BCUT2D eigenvalue weighted by Crippen LogP contribution is -2.03. The lowest BCUT2D eigenvalue weighted by Gasteiger charge is -2.07. The van der Waals surface area contributed by atoms with E-state index in [2.05, 4.69) is 18.9 Å². The number of aromatic nitrogens is 2. The first-order valence-electron chi connectivity index (χ1n) is 5.76. The van der Waals surface area contributed by atoms with E-state index in [9.17, 15) is 4.79 Å². The van der Waals surface area contributed by atoms with E-state index in [0.29, 0.717) is 12.0 Å². The molecule has 82 valence electrons. The Morgan fingerprint density at radius 2 is 2.13 bits per heavy atom. The predicted molar refractivity (Wildman–Crippen MR) is 59.2 cm³/mol. The Hall–Kier alpha value is -1.12. The molecule has 0 aliphatic heterocycles. The molecule has 1 heterocycles. The molecule has 2 rings (SSSR count). The second-order valence-electron chi connectivity index (χ2n) is 4.64. The van der Waals surface area contributed by atoms with Crippen molar-refractivity contribution in [3.8, 4) is 0 Å². The third kappa shape index (κ3) is 1.96. The average Bonchev–Trinajstić information content (AvgIpc) is 2.86. The summed E-state index contributed by atoms with van der Waals surface area (Å²) in [6.07, 6.45) is 7.76. The van der Waals surface area contributed by atoms with Crippen molar-refractivity contribution >= 4 is 6.29 Å². The summed E-state index contributed by atoms with van der Waals surface area (Å²) in [5, 5.41) is 4.55. The summed E-state index contributed by atoms with van der Waals surface area (Å²) in [4.78, 5) is 11.0. The number of carbonyl (C=O) groups is 1. The highest BCUT2D eigenvalue weighted by molar-refractivity contribution is 5.76. The van der Waals surface area contributed by atoms with Gasteiger partial charge in [0.2, 0.25) is 0 Å². The fourth-order valence-electron chi connectivity index (χ4n) is 2.29. The van der Waals surface area contributed by atoms with Gasteiger partial charge in [-0.05, 0) is 26.7 Å². The second-order valence-corrected chi connectivity index (χ2v) is 4.64. The molecule has 0 N–H and O–H groups in total. The van der Waals surface area contributed by atoms with E-state index < -0.39 is 0 Å². The quantitative estimate of drug-likeness (QED) is 0.713. The topological polar surface area (TPSA) is 34.9 Å². The first kappa shape index (κ1) is 10.4. The van der Waals surface area contributed by atoms with E-state index in [1.165, 1.54) is 25.7 Å². The number of nitrogens with zero attached hydrogens (tertiary/aromatic N) is 2. The van der Waals surface area contributed by atoms with Crippen molar-refractivity contribution in [2.45, 2.75) is 51.5 Å². The zero-order valence-corrected chi connectivity index (χ0v) is 9.44. The van der Waals surface area contributed by atoms with Crippen LogP contribution in [0.2, 0.25) is 0 Å². The van der Waals surface area contributed by atoms with Crippen LogP contribution >= 0.6 is 0 Å². The molecule has 1 aromatic rings. The summed E-state index contributed by atoms with van der Waals surface area (Å²) >= 11 is 0. The Morgan fingerprint density at radius 1 is 1.47 bits per heavy atom. The third-order valence-electron chi connectivity index (χ3n) is 3.19. The van der Waals surface area contributed by atoms with Gasteiger partial charge in [0.25, 0.3) is 0 Å². The van der Waals surface area contributed by atoms with Crippen LogP contribution in [0.5, 0.6) is 0 Å².